The van der Waals surface area contributed by atoms with Gasteiger partial charge in [-0.15, -0.1) is 0 Å². The quantitative estimate of drug-likeness (QED) is 0.872. The first-order valence-electron chi connectivity index (χ1n) is 8.64. The Hall–Kier alpha value is -2.74. The van der Waals surface area contributed by atoms with Crippen molar-refractivity contribution in [3.05, 3.63) is 47.5 Å². The third-order valence-corrected chi connectivity index (χ3v) is 4.73. The van der Waals surface area contributed by atoms with Crippen LogP contribution in [0.5, 0.6) is 0 Å². The molecule has 0 radical (unpaired) electrons. The summed E-state index contributed by atoms with van der Waals surface area (Å²) in [6.07, 6.45) is 1.32. The molecule has 1 atom stereocenters. The predicted octanol–water partition coefficient (Wildman–Crippen LogP) is 0.700. The maximum absolute atomic E-state index is 13.1. The summed E-state index contributed by atoms with van der Waals surface area (Å²) >= 11 is 0. The first-order valence-corrected chi connectivity index (χ1v) is 8.64. The van der Waals surface area contributed by atoms with E-state index >= 15 is 0 Å². The Kier molecular flexibility index (Phi) is 5.32. The number of nitrogens with zero attached hydrogens (tertiary/aromatic N) is 5. The van der Waals surface area contributed by atoms with Crippen LogP contribution in [-0.4, -0.2) is 82.0 Å². The topological polar surface area (TPSA) is 85.4 Å². The summed E-state index contributed by atoms with van der Waals surface area (Å²) in [5.74, 6) is 0.115. The van der Waals surface area contributed by atoms with E-state index in [1.165, 1.54) is 6.33 Å². The molecular weight excluding hydrogens is 332 g/mol. The zero-order chi connectivity index (χ0) is 18.7. The number of piperazine rings is 1. The van der Waals surface area contributed by atoms with Crippen LogP contribution >= 0.6 is 0 Å². The van der Waals surface area contributed by atoms with Crippen molar-refractivity contribution in [3.63, 3.8) is 0 Å². The molecule has 1 aromatic carbocycles. The van der Waals surface area contributed by atoms with Gasteiger partial charge >= 0.3 is 0 Å². The summed E-state index contributed by atoms with van der Waals surface area (Å²) in [6.45, 7) is 4.01. The van der Waals surface area contributed by atoms with Gasteiger partial charge in [0.05, 0.1) is 0 Å². The largest absolute Gasteiger partial charge is 0.337 e. The number of amides is 2. The Morgan fingerprint density at radius 3 is 2.35 bits per heavy atom. The van der Waals surface area contributed by atoms with Gasteiger partial charge in [-0.2, -0.15) is 5.10 Å². The lowest BCUT2D eigenvalue weighted by atomic mass is 9.99. The van der Waals surface area contributed by atoms with Crippen LogP contribution in [0.2, 0.25) is 0 Å². The van der Waals surface area contributed by atoms with Gasteiger partial charge in [-0.25, -0.2) is 4.98 Å². The lowest BCUT2D eigenvalue weighted by Crippen LogP contribution is -2.53. The summed E-state index contributed by atoms with van der Waals surface area (Å²) < 4.78 is 0. The van der Waals surface area contributed by atoms with Gasteiger partial charge in [-0.05, 0) is 32.1 Å². The molecule has 0 unspecified atom stereocenters. The summed E-state index contributed by atoms with van der Waals surface area (Å²) in [5.41, 5.74) is 2.11. The number of carbonyl (C=O) groups is 2. The van der Waals surface area contributed by atoms with Crippen molar-refractivity contribution in [2.75, 3.05) is 40.3 Å². The highest BCUT2D eigenvalue weighted by atomic mass is 16.2. The molecule has 0 bridgehead atoms. The van der Waals surface area contributed by atoms with Crippen molar-refractivity contribution in [1.82, 2.24) is 29.9 Å². The zero-order valence-corrected chi connectivity index (χ0v) is 15.3. The van der Waals surface area contributed by atoms with Crippen molar-refractivity contribution >= 4 is 11.8 Å². The Balaban J connectivity index is 1.69. The third kappa shape index (κ3) is 3.60. The van der Waals surface area contributed by atoms with Gasteiger partial charge in [0.2, 0.25) is 11.7 Å². The Labute approximate surface area is 152 Å². The van der Waals surface area contributed by atoms with Gasteiger partial charge in [0, 0.05) is 26.2 Å². The normalized spacial score (nSPS) is 16.0. The fourth-order valence-corrected chi connectivity index (χ4v) is 3.29. The number of H-pyrrole nitrogens is 1. The number of benzene rings is 1. The van der Waals surface area contributed by atoms with E-state index in [0.29, 0.717) is 26.2 Å². The lowest BCUT2D eigenvalue weighted by Gasteiger charge is -2.37. The van der Waals surface area contributed by atoms with Crippen LogP contribution in [0.25, 0.3) is 0 Å². The van der Waals surface area contributed by atoms with Gasteiger partial charge in [-0.3, -0.25) is 19.6 Å². The third-order valence-electron chi connectivity index (χ3n) is 4.73. The molecule has 0 aliphatic carbocycles. The molecule has 138 valence electrons. The number of nitrogens with one attached hydrogen (secondary N) is 1. The lowest BCUT2D eigenvalue weighted by molar-refractivity contribution is -0.137. The Morgan fingerprint density at radius 1 is 1.12 bits per heavy atom. The SMILES string of the molecule is Cc1ccccc1[C@H](C(=O)N1CCN(C(=O)c2ncn[nH]2)CC1)N(C)C. The minimum Gasteiger partial charge on any atom is -0.337 e. The molecule has 2 aromatic rings. The fourth-order valence-electron chi connectivity index (χ4n) is 3.29. The van der Waals surface area contributed by atoms with Crippen molar-refractivity contribution in [1.29, 1.82) is 0 Å². The van der Waals surface area contributed by atoms with E-state index in [1.54, 1.807) is 4.90 Å². The number of aromatic amines is 1. The fraction of sp³-hybridized carbons (Fsp3) is 0.444. The Morgan fingerprint density at radius 2 is 1.77 bits per heavy atom. The monoisotopic (exact) mass is 356 g/mol. The summed E-state index contributed by atoms with van der Waals surface area (Å²) in [6, 6.07) is 7.63. The molecule has 1 aliphatic heterocycles. The number of hydrogen-bond donors (Lipinski definition) is 1. The first-order chi connectivity index (χ1) is 12.5. The summed E-state index contributed by atoms with van der Waals surface area (Å²) in [4.78, 5) is 34.9. The zero-order valence-electron chi connectivity index (χ0n) is 15.3. The van der Waals surface area contributed by atoms with Crippen molar-refractivity contribution in [3.8, 4) is 0 Å². The molecule has 0 spiro atoms. The maximum atomic E-state index is 13.1. The van der Waals surface area contributed by atoms with E-state index < -0.39 is 0 Å². The molecule has 1 aromatic heterocycles. The summed E-state index contributed by atoms with van der Waals surface area (Å²) in [5, 5.41) is 6.30. The van der Waals surface area contributed by atoms with Gasteiger partial charge in [0.25, 0.3) is 5.91 Å². The van der Waals surface area contributed by atoms with E-state index in [1.807, 2.05) is 55.1 Å². The second kappa shape index (κ2) is 7.65. The molecule has 8 heteroatoms. The van der Waals surface area contributed by atoms with Crippen LogP contribution in [-0.2, 0) is 4.79 Å². The Bertz CT molecular complexity index is 766. The molecule has 1 N–H and O–H groups in total. The van der Waals surface area contributed by atoms with E-state index in [2.05, 4.69) is 15.2 Å². The molecule has 1 saturated heterocycles. The highest BCUT2D eigenvalue weighted by Crippen LogP contribution is 2.24. The van der Waals surface area contributed by atoms with Crippen LogP contribution in [0.15, 0.2) is 30.6 Å². The molecule has 1 fully saturated rings. The second-order valence-electron chi connectivity index (χ2n) is 6.67. The smallest absolute Gasteiger partial charge is 0.291 e. The highest BCUT2D eigenvalue weighted by molar-refractivity contribution is 5.90. The predicted molar refractivity (Wildman–Crippen MR) is 96.5 cm³/mol. The maximum Gasteiger partial charge on any atom is 0.291 e. The van der Waals surface area contributed by atoms with E-state index in [4.69, 9.17) is 0 Å². The van der Waals surface area contributed by atoms with Gasteiger partial charge in [0.15, 0.2) is 0 Å². The molecular formula is C18H24N6O2. The number of rotatable bonds is 4. The minimum absolute atomic E-state index is 0.0658. The van der Waals surface area contributed by atoms with E-state index in [9.17, 15) is 9.59 Å². The second-order valence-corrected chi connectivity index (χ2v) is 6.67. The average Bonchev–Trinajstić information content (AvgIpc) is 3.17. The minimum atomic E-state index is -0.326. The summed E-state index contributed by atoms with van der Waals surface area (Å²) in [7, 11) is 3.83. The van der Waals surface area contributed by atoms with Crippen LogP contribution in [0.1, 0.15) is 27.8 Å². The van der Waals surface area contributed by atoms with Gasteiger partial charge in [0.1, 0.15) is 12.4 Å². The number of likely N-dealkylation sites (N-methyl/N-ethyl adjacent to an activating group) is 1. The van der Waals surface area contributed by atoms with Crippen molar-refractivity contribution < 1.29 is 9.59 Å². The van der Waals surface area contributed by atoms with Crippen molar-refractivity contribution in [2.24, 2.45) is 0 Å². The molecule has 3 rings (SSSR count). The average molecular weight is 356 g/mol. The molecule has 2 amide bonds. The van der Waals surface area contributed by atoms with Crippen LogP contribution in [0.3, 0.4) is 0 Å². The molecule has 2 heterocycles. The van der Waals surface area contributed by atoms with E-state index in [0.717, 1.165) is 11.1 Å². The number of hydrogen-bond acceptors (Lipinski definition) is 5. The van der Waals surface area contributed by atoms with Crippen LogP contribution in [0, 0.1) is 6.92 Å². The standard InChI is InChI=1S/C18H24N6O2/c1-13-6-4-5-7-14(13)15(22(2)3)17(25)23-8-10-24(11-9-23)18(26)16-19-12-20-21-16/h4-7,12,15H,8-11H2,1-3H3,(H,19,20,21)/t15-/m1/s1. The highest BCUT2D eigenvalue weighted by Gasteiger charge is 2.32. The number of carbonyl (C=O) groups excluding carboxylic acids is 2. The van der Waals surface area contributed by atoms with Crippen LogP contribution < -0.4 is 0 Å². The molecule has 26 heavy (non-hydrogen) atoms. The first kappa shape index (κ1) is 18.1. The molecule has 8 nitrogen and oxygen atoms in total. The molecule has 1 aliphatic rings. The van der Waals surface area contributed by atoms with Crippen LogP contribution in [0.4, 0.5) is 0 Å². The van der Waals surface area contributed by atoms with Crippen molar-refractivity contribution in [2.45, 2.75) is 13.0 Å². The van der Waals surface area contributed by atoms with E-state index in [-0.39, 0.29) is 23.7 Å². The number of aromatic nitrogens is 3. The molecule has 0 saturated carbocycles. The van der Waals surface area contributed by atoms with Gasteiger partial charge < -0.3 is 9.80 Å². The number of aryl methyl sites for hydroxylation is 1. The van der Waals surface area contributed by atoms with Gasteiger partial charge in [-0.1, -0.05) is 24.3 Å².